The molecule has 4 rings (SSSR count). The van der Waals surface area contributed by atoms with Crippen molar-refractivity contribution in [3.8, 4) is 0 Å². The van der Waals surface area contributed by atoms with Gasteiger partial charge in [0.1, 0.15) is 31.6 Å². The molecule has 13 heteroatoms. The maximum atomic E-state index is 14.5. The predicted octanol–water partition coefficient (Wildman–Crippen LogP) is 3.64. The molecule has 4 N–H and O–H groups in total. The van der Waals surface area contributed by atoms with Crippen molar-refractivity contribution in [3.63, 3.8) is 0 Å². The predicted molar refractivity (Wildman–Crippen MR) is 186 cm³/mol. The molecule has 0 unspecified atom stereocenters. The Kier molecular flexibility index (Phi) is 13.3. The lowest BCUT2D eigenvalue weighted by Gasteiger charge is -2.35. The second kappa shape index (κ2) is 18.7. The second-order valence-electron chi connectivity index (χ2n) is 11.8. The Balaban J connectivity index is 1.60. The first-order chi connectivity index (χ1) is 24.7. The van der Waals surface area contributed by atoms with E-state index in [9.17, 15) is 24.0 Å². The SMILES string of the molecule is [2H]CN(C(=O)OCc1ccccc1)[C@@H](Cc1ccccc1)C(=O)N1CCC[C@H]1C(=O)N(C(=O)OCc1ccccc1)[C@H](C=O)CCCN=C(N)N. The molecule has 4 amide bonds. The molecule has 0 bridgehead atoms. The summed E-state index contributed by atoms with van der Waals surface area (Å²) in [6.45, 7) is 0.0868. The number of ether oxygens (including phenoxy) is 2. The third kappa shape index (κ3) is 10.4. The van der Waals surface area contributed by atoms with E-state index < -0.39 is 49.2 Å². The molecule has 3 atom stereocenters. The summed E-state index contributed by atoms with van der Waals surface area (Å²) in [4.78, 5) is 75.3. The van der Waals surface area contributed by atoms with Crippen molar-refractivity contribution in [1.29, 1.82) is 0 Å². The number of aliphatic imine (C=N–C) groups is 1. The summed E-state index contributed by atoms with van der Waals surface area (Å²) in [7, 11) is -0.593. The smallest absolute Gasteiger partial charge is 0.417 e. The second-order valence-corrected chi connectivity index (χ2v) is 11.8. The first kappa shape index (κ1) is 35.6. The number of rotatable bonds is 15. The molecule has 13 nitrogen and oxygen atoms in total. The Labute approximate surface area is 293 Å². The summed E-state index contributed by atoms with van der Waals surface area (Å²) >= 11 is 0. The van der Waals surface area contributed by atoms with Crippen molar-refractivity contribution in [2.45, 2.75) is 63.4 Å². The van der Waals surface area contributed by atoms with Crippen LogP contribution in [0.5, 0.6) is 0 Å². The van der Waals surface area contributed by atoms with E-state index in [0.717, 1.165) is 20.9 Å². The number of benzene rings is 3. The zero-order valence-electron chi connectivity index (χ0n) is 28.8. The lowest BCUT2D eigenvalue weighted by molar-refractivity contribution is -0.147. The standard InChI is InChI=1S/C37H44N6O7/c1-41(36(47)49-25-28-15-7-3-8-16-28)32(23-27-13-5-2-6-14-27)33(45)42-22-12-20-31(42)34(46)43(30(24-44)19-11-21-40-35(38)39)37(48)50-26-29-17-9-4-10-18-29/h2-10,13-18,24,30-32H,11-12,19-23,25-26H2,1H3,(H4,38,39,40)/t30-,31-,32-/m0/s1/i1D. The maximum absolute atomic E-state index is 14.5. The molecule has 264 valence electrons. The molecule has 3 aromatic rings. The average Bonchev–Trinajstić information content (AvgIpc) is 3.65. The van der Waals surface area contributed by atoms with Crippen molar-refractivity contribution in [3.05, 3.63) is 108 Å². The first-order valence-electron chi connectivity index (χ1n) is 17.1. The van der Waals surface area contributed by atoms with E-state index in [0.29, 0.717) is 18.3 Å². The minimum atomic E-state index is -1.23. The highest BCUT2D eigenvalue weighted by molar-refractivity contribution is 6.00. The fourth-order valence-corrected chi connectivity index (χ4v) is 5.68. The number of hydrogen-bond acceptors (Lipinski definition) is 8. The quantitative estimate of drug-likeness (QED) is 0.105. The Morgan fingerprint density at radius 1 is 0.900 bits per heavy atom. The van der Waals surface area contributed by atoms with Crippen LogP contribution in [0.15, 0.2) is 96.0 Å². The fourth-order valence-electron chi connectivity index (χ4n) is 5.68. The van der Waals surface area contributed by atoms with Crippen LogP contribution in [0, 0.1) is 0 Å². The van der Waals surface area contributed by atoms with E-state index in [1.54, 1.807) is 72.8 Å². The van der Waals surface area contributed by atoms with Crippen molar-refractivity contribution in [1.82, 2.24) is 14.7 Å². The Morgan fingerprint density at radius 3 is 2.00 bits per heavy atom. The number of carbonyl (C=O) groups is 5. The number of amides is 4. The van der Waals surface area contributed by atoms with Gasteiger partial charge in [-0.25, -0.2) is 14.5 Å². The van der Waals surface area contributed by atoms with Gasteiger partial charge in [-0.2, -0.15) is 0 Å². The van der Waals surface area contributed by atoms with E-state index in [1.807, 2.05) is 18.2 Å². The van der Waals surface area contributed by atoms with Gasteiger partial charge in [0.25, 0.3) is 5.91 Å². The molecule has 0 spiro atoms. The molecule has 1 aliphatic heterocycles. The highest BCUT2D eigenvalue weighted by Gasteiger charge is 2.44. The average molecular weight is 686 g/mol. The van der Waals surface area contributed by atoms with E-state index in [-0.39, 0.29) is 57.9 Å². The molecule has 1 fully saturated rings. The van der Waals surface area contributed by atoms with Crippen LogP contribution in [0.4, 0.5) is 9.59 Å². The molecule has 50 heavy (non-hydrogen) atoms. The van der Waals surface area contributed by atoms with Crippen molar-refractivity contribution in [2.75, 3.05) is 20.1 Å². The van der Waals surface area contributed by atoms with E-state index >= 15 is 0 Å². The van der Waals surface area contributed by atoms with Crippen LogP contribution in [-0.4, -0.2) is 89.2 Å². The highest BCUT2D eigenvalue weighted by atomic mass is 16.6. The van der Waals surface area contributed by atoms with Gasteiger partial charge >= 0.3 is 12.2 Å². The number of aldehydes is 1. The van der Waals surface area contributed by atoms with Gasteiger partial charge in [-0.1, -0.05) is 91.0 Å². The molecule has 0 radical (unpaired) electrons. The summed E-state index contributed by atoms with van der Waals surface area (Å²) in [5.41, 5.74) is 13.0. The topological polar surface area (TPSA) is 178 Å². The summed E-state index contributed by atoms with van der Waals surface area (Å²) in [6.07, 6.45) is -0.441. The van der Waals surface area contributed by atoms with Gasteiger partial charge in [-0.05, 0) is 42.4 Å². The summed E-state index contributed by atoms with van der Waals surface area (Å²) in [5.74, 6) is -1.52. The molecule has 0 aliphatic carbocycles. The number of likely N-dealkylation sites (N-methyl/N-ethyl adjacent to an activating group) is 1. The lowest BCUT2D eigenvalue weighted by atomic mass is 10.0. The normalized spacial score (nSPS) is 15.2. The number of carbonyl (C=O) groups excluding carboxylic acids is 5. The first-order valence-corrected chi connectivity index (χ1v) is 16.4. The van der Waals surface area contributed by atoms with Crippen LogP contribution >= 0.6 is 0 Å². The Bertz CT molecular complexity index is 1630. The molecule has 1 saturated heterocycles. The maximum Gasteiger partial charge on any atom is 0.417 e. The van der Waals surface area contributed by atoms with Crippen molar-refractivity contribution >= 4 is 36.2 Å². The molecular weight excluding hydrogens is 640 g/mol. The van der Waals surface area contributed by atoms with Crippen LogP contribution < -0.4 is 11.5 Å². The molecule has 1 heterocycles. The third-order valence-corrected chi connectivity index (χ3v) is 8.27. The van der Waals surface area contributed by atoms with Gasteiger partial charge in [-0.15, -0.1) is 0 Å². The van der Waals surface area contributed by atoms with E-state index in [1.165, 1.54) is 4.90 Å². The molecule has 0 saturated carbocycles. The molecular formula is C37H44N6O7. The van der Waals surface area contributed by atoms with Crippen molar-refractivity contribution < 1.29 is 34.8 Å². The van der Waals surface area contributed by atoms with Gasteiger partial charge in [0.05, 0.1) is 6.04 Å². The molecule has 3 aromatic carbocycles. The number of nitrogens with two attached hydrogens (primary N) is 2. The van der Waals surface area contributed by atoms with Gasteiger partial charge in [0.2, 0.25) is 5.91 Å². The van der Waals surface area contributed by atoms with Crippen LogP contribution in [0.1, 0.15) is 43.7 Å². The van der Waals surface area contributed by atoms with Gasteiger partial charge in [-0.3, -0.25) is 19.5 Å². The van der Waals surface area contributed by atoms with Gasteiger partial charge in [0, 0.05) is 27.9 Å². The van der Waals surface area contributed by atoms with E-state index in [2.05, 4.69) is 4.99 Å². The van der Waals surface area contributed by atoms with Crippen molar-refractivity contribution in [2.24, 2.45) is 16.5 Å². The largest absolute Gasteiger partial charge is 0.445 e. The number of imide groups is 1. The molecule has 1 aliphatic rings. The number of guanidine groups is 1. The highest BCUT2D eigenvalue weighted by Crippen LogP contribution is 2.25. The van der Waals surface area contributed by atoms with Crippen LogP contribution in [0.25, 0.3) is 0 Å². The summed E-state index contributed by atoms with van der Waals surface area (Å²) < 4.78 is 19.3. The zero-order chi connectivity index (χ0) is 36.6. The number of hydrogen-bond donors (Lipinski definition) is 2. The summed E-state index contributed by atoms with van der Waals surface area (Å²) in [6, 6.07) is 23.3. The van der Waals surface area contributed by atoms with Crippen LogP contribution in [0.2, 0.25) is 0 Å². The monoisotopic (exact) mass is 685 g/mol. The fraction of sp³-hybridized carbons (Fsp3) is 0.351. The number of nitrogens with zero attached hydrogens (tertiary/aromatic N) is 4. The van der Waals surface area contributed by atoms with Gasteiger partial charge < -0.3 is 30.6 Å². The Morgan fingerprint density at radius 2 is 1.46 bits per heavy atom. The minimum absolute atomic E-state index is 0.0426. The summed E-state index contributed by atoms with van der Waals surface area (Å²) in [5, 5.41) is 0. The minimum Gasteiger partial charge on any atom is -0.445 e. The number of likely N-dealkylation sites (tertiary alicyclic amines) is 1. The van der Waals surface area contributed by atoms with E-state index in [4.69, 9.17) is 22.3 Å². The van der Waals surface area contributed by atoms with Crippen LogP contribution in [0.3, 0.4) is 0 Å². The van der Waals surface area contributed by atoms with Gasteiger partial charge in [0.15, 0.2) is 5.96 Å². The molecule has 0 aromatic heterocycles. The zero-order valence-corrected chi connectivity index (χ0v) is 27.8. The van der Waals surface area contributed by atoms with Crippen LogP contribution in [-0.2, 0) is 43.5 Å². The third-order valence-electron chi connectivity index (χ3n) is 8.27. The Hall–Kier alpha value is -5.72. The lowest BCUT2D eigenvalue weighted by Crippen LogP contribution is -2.57.